The summed E-state index contributed by atoms with van der Waals surface area (Å²) in [4.78, 5) is 11.2. The molecule has 1 aliphatic rings. The van der Waals surface area contributed by atoms with Gasteiger partial charge >= 0.3 is 5.97 Å². The molecule has 1 aromatic rings. The van der Waals surface area contributed by atoms with E-state index in [-0.39, 0.29) is 10.6 Å². The van der Waals surface area contributed by atoms with Crippen LogP contribution in [-0.4, -0.2) is 11.1 Å². The number of aliphatic carboxylic acids is 1. The highest BCUT2D eigenvalue weighted by atomic mass is 35.5. The summed E-state index contributed by atoms with van der Waals surface area (Å²) < 4.78 is 27.1. The highest BCUT2D eigenvalue weighted by Gasteiger charge is 2.35. The molecule has 5 heteroatoms. The Morgan fingerprint density at radius 3 is 2.61 bits per heavy atom. The highest BCUT2D eigenvalue weighted by molar-refractivity contribution is 6.31. The van der Waals surface area contributed by atoms with Crippen LogP contribution in [0, 0.1) is 17.6 Å². The fourth-order valence-electron chi connectivity index (χ4n) is 2.65. The molecule has 1 fully saturated rings. The third-order valence-electron chi connectivity index (χ3n) is 3.53. The van der Waals surface area contributed by atoms with Gasteiger partial charge in [-0.1, -0.05) is 24.4 Å². The lowest BCUT2D eigenvalue weighted by atomic mass is 9.75. The predicted octanol–water partition coefficient (Wildman–Crippen LogP) is 3.98. The van der Waals surface area contributed by atoms with Crippen LogP contribution >= 0.6 is 11.6 Å². The highest BCUT2D eigenvalue weighted by Crippen LogP contribution is 2.42. The number of benzene rings is 1. The Labute approximate surface area is 109 Å². The first-order chi connectivity index (χ1) is 8.52. The lowest BCUT2D eigenvalue weighted by molar-refractivity contribution is -0.143. The van der Waals surface area contributed by atoms with Gasteiger partial charge in [0.15, 0.2) is 11.6 Å². The van der Waals surface area contributed by atoms with Crippen molar-refractivity contribution in [3.05, 3.63) is 34.4 Å². The van der Waals surface area contributed by atoms with Gasteiger partial charge in [-0.15, -0.1) is 0 Å². The molecule has 1 N–H and O–H groups in total. The van der Waals surface area contributed by atoms with Crippen molar-refractivity contribution in [2.75, 3.05) is 0 Å². The van der Waals surface area contributed by atoms with Crippen molar-refractivity contribution in [3.8, 4) is 0 Å². The Bertz CT molecular complexity index is 476. The molecule has 1 aromatic carbocycles. The van der Waals surface area contributed by atoms with Gasteiger partial charge in [0.25, 0.3) is 0 Å². The maximum Gasteiger partial charge on any atom is 0.307 e. The second-order valence-electron chi connectivity index (χ2n) is 4.59. The SMILES string of the molecule is O=C(O)C1CCCCC1c1c(Cl)ccc(F)c1F. The van der Waals surface area contributed by atoms with E-state index in [0.717, 1.165) is 18.9 Å². The van der Waals surface area contributed by atoms with Gasteiger partial charge < -0.3 is 5.11 Å². The van der Waals surface area contributed by atoms with Gasteiger partial charge in [0, 0.05) is 16.5 Å². The zero-order valence-electron chi connectivity index (χ0n) is 9.63. The summed E-state index contributed by atoms with van der Waals surface area (Å²) in [6.07, 6.45) is 2.60. The summed E-state index contributed by atoms with van der Waals surface area (Å²) in [7, 11) is 0. The van der Waals surface area contributed by atoms with Crippen molar-refractivity contribution in [2.24, 2.45) is 5.92 Å². The smallest absolute Gasteiger partial charge is 0.307 e. The van der Waals surface area contributed by atoms with E-state index >= 15 is 0 Å². The van der Waals surface area contributed by atoms with Gasteiger partial charge in [-0.05, 0) is 25.0 Å². The predicted molar refractivity (Wildman–Crippen MR) is 63.7 cm³/mol. The van der Waals surface area contributed by atoms with Gasteiger partial charge in [-0.3, -0.25) is 4.79 Å². The quantitative estimate of drug-likeness (QED) is 0.829. The number of hydrogen-bond acceptors (Lipinski definition) is 1. The van der Waals surface area contributed by atoms with E-state index in [1.54, 1.807) is 0 Å². The van der Waals surface area contributed by atoms with Crippen LogP contribution in [-0.2, 0) is 4.79 Å². The van der Waals surface area contributed by atoms with E-state index in [4.69, 9.17) is 16.7 Å². The zero-order valence-corrected chi connectivity index (χ0v) is 10.4. The Morgan fingerprint density at radius 1 is 1.28 bits per heavy atom. The fraction of sp³-hybridized carbons (Fsp3) is 0.462. The molecule has 2 unspecified atom stereocenters. The summed E-state index contributed by atoms with van der Waals surface area (Å²) in [5.41, 5.74) is 0.0174. The molecule has 1 aliphatic carbocycles. The molecule has 0 spiro atoms. The van der Waals surface area contributed by atoms with Crippen molar-refractivity contribution >= 4 is 17.6 Å². The Morgan fingerprint density at radius 2 is 1.94 bits per heavy atom. The molecule has 0 bridgehead atoms. The normalized spacial score (nSPS) is 23.9. The summed E-state index contributed by atoms with van der Waals surface area (Å²) in [5, 5.41) is 9.27. The number of hydrogen-bond donors (Lipinski definition) is 1. The van der Waals surface area contributed by atoms with Crippen molar-refractivity contribution in [1.29, 1.82) is 0 Å². The third kappa shape index (κ3) is 2.34. The minimum absolute atomic E-state index is 0.0174. The summed E-state index contributed by atoms with van der Waals surface area (Å²) in [6.45, 7) is 0. The average molecular weight is 275 g/mol. The Kier molecular flexibility index (Phi) is 3.85. The van der Waals surface area contributed by atoms with Crippen LogP contribution < -0.4 is 0 Å². The van der Waals surface area contributed by atoms with Crippen molar-refractivity contribution in [1.82, 2.24) is 0 Å². The molecule has 0 amide bonds. The molecule has 1 saturated carbocycles. The summed E-state index contributed by atoms with van der Waals surface area (Å²) >= 11 is 5.91. The molecule has 2 rings (SSSR count). The standard InChI is InChI=1S/C13H13ClF2O2/c14-9-5-6-10(15)12(16)11(9)7-3-1-2-4-8(7)13(17)18/h5-8H,1-4H2,(H,17,18). The van der Waals surface area contributed by atoms with Gasteiger partial charge in [-0.25, -0.2) is 8.78 Å². The first-order valence-corrected chi connectivity index (χ1v) is 6.26. The first kappa shape index (κ1) is 13.3. The maximum atomic E-state index is 13.8. The minimum atomic E-state index is -1.01. The van der Waals surface area contributed by atoms with Crippen LogP contribution in [0.25, 0.3) is 0 Å². The molecule has 0 radical (unpaired) electrons. The number of carboxylic acid groups (broad SMARTS) is 1. The van der Waals surface area contributed by atoms with Crippen molar-refractivity contribution in [3.63, 3.8) is 0 Å². The minimum Gasteiger partial charge on any atom is -0.481 e. The van der Waals surface area contributed by atoms with Crippen LogP contribution in [0.3, 0.4) is 0 Å². The number of carbonyl (C=O) groups is 1. The van der Waals surface area contributed by atoms with Crippen LogP contribution in [0.2, 0.25) is 5.02 Å². The molecule has 0 aliphatic heterocycles. The lowest BCUT2D eigenvalue weighted by Gasteiger charge is -2.29. The molecule has 2 nitrogen and oxygen atoms in total. The second kappa shape index (κ2) is 5.22. The first-order valence-electron chi connectivity index (χ1n) is 5.88. The molecule has 18 heavy (non-hydrogen) atoms. The second-order valence-corrected chi connectivity index (χ2v) is 5.00. The largest absolute Gasteiger partial charge is 0.481 e. The van der Waals surface area contributed by atoms with Crippen LogP contribution in [0.1, 0.15) is 37.2 Å². The average Bonchev–Trinajstić information content (AvgIpc) is 2.35. The van der Waals surface area contributed by atoms with E-state index in [2.05, 4.69) is 0 Å². The number of halogens is 3. The fourth-order valence-corrected chi connectivity index (χ4v) is 2.94. The topological polar surface area (TPSA) is 37.3 Å². The van der Waals surface area contributed by atoms with E-state index in [1.165, 1.54) is 6.07 Å². The van der Waals surface area contributed by atoms with Crippen molar-refractivity contribution < 1.29 is 18.7 Å². The zero-order chi connectivity index (χ0) is 13.3. The molecular weight excluding hydrogens is 262 g/mol. The number of carboxylic acids is 1. The van der Waals surface area contributed by atoms with E-state index < -0.39 is 29.4 Å². The van der Waals surface area contributed by atoms with Gasteiger partial charge in [-0.2, -0.15) is 0 Å². The van der Waals surface area contributed by atoms with Crippen LogP contribution in [0.5, 0.6) is 0 Å². The van der Waals surface area contributed by atoms with E-state index in [0.29, 0.717) is 12.8 Å². The molecule has 0 heterocycles. The Hall–Kier alpha value is -1.16. The molecule has 0 aromatic heterocycles. The van der Waals surface area contributed by atoms with E-state index in [9.17, 15) is 13.6 Å². The Balaban J connectivity index is 2.46. The van der Waals surface area contributed by atoms with Crippen LogP contribution in [0.4, 0.5) is 8.78 Å². The van der Waals surface area contributed by atoms with Crippen LogP contribution in [0.15, 0.2) is 12.1 Å². The summed E-state index contributed by atoms with van der Waals surface area (Å²) in [6, 6.07) is 2.24. The number of rotatable bonds is 2. The van der Waals surface area contributed by atoms with Gasteiger partial charge in [0.2, 0.25) is 0 Å². The summed E-state index contributed by atoms with van der Waals surface area (Å²) in [5.74, 6) is -4.20. The van der Waals surface area contributed by atoms with E-state index in [1.807, 2.05) is 0 Å². The van der Waals surface area contributed by atoms with Gasteiger partial charge in [0.05, 0.1) is 5.92 Å². The lowest BCUT2D eigenvalue weighted by Crippen LogP contribution is -2.26. The monoisotopic (exact) mass is 274 g/mol. The van der Waals surface area contributed by atoms with Gasteiger partial charge in [0.1, 0.15) is 0 Å². The third-order valence-corrected chi connectivity index (χ3v) is 3.86. The molecule has 98 valence electrons. The van der Waals surface area contributed by atoms with Crippen molar-refractivity contribution in [2.45, 2.75) is 31.6 Å². The molecule has 2 atom stereocenters. The maximum absolute atomic E-state index is 13.8. The molecule has 0 saturated heterocycles. The molecular formula is C13H13ClF2O2.